The number of imidazole rings is 1. The van der Waals surface area contributed by atoms with E-state index in [1.807, 2.05) is 12.1 Å². The number of fused-ring (bicyclic) bond motifs is 14. The Morgan fingerprint density at radius 2 is 1.59 bits per heavy atom. The van der Waals surface area contributed by atoms with Gasteiger partial charge in [-0.25, -0.2) is 23.7 Å². The Kier molecular flexibility index (Phi) is 8.72. The summed E-state index contributed by atoms with van der Waals surface area (Å²) < 4.78 is 47.9. The number of nitrogens with zero attached hydrogens (tertiary/aromatic N) is 11. The Hall–Kier alpha value is -8.44. The van der Waals surface area contributed by atoms with E-state index >= 15 is 0 Å². The molecule has 2 aliphatic rings. The summed E-state index contributed by atoms with van der Waals surface area (Å²) in [4.78, 5) is 18.7. The van der Waals surface area contributed by atoms with Crippen LogP contribution in [0.15, 0.2) is 91.6 Å². The molecule has 2 aromatic carbocycles. The van der Waals surface area contributed by atoms with Gasteiger partial charge in [0.2, 0.25) is 5.95 Å². The van der Waals surface area contributed by atoms with Gasteiger partial charge >= 0.3 is 0 Å². The molecule has 0 amide bonds. The van der Waals surface area contributed by atoms with Crippen molar-refractivity contribution in [3.8, 4) is 68.7 Å². The number of nitriles is 2. The molecule has 0 fully saturated rings. The number of aromatic nitrogens is 9. The summed E-state index contributed by atoms with van der Waals surface area (Å²) in [5.41, 5.74) is 13.8. The Morgan fingerprint density at radius 3 is 2.43 bits per heavy atom. The Morgan fingerprint density at radius 1 is 0.803 bits per heavy atom. The maximum atomic E-state index is 14.9. The van der Waals surface area contributed by atoms with E-state index in [2.05, 4.69) is 37.6 Å². The first-order chi connectivity index (χ1) is 29.7. The van der Waals surface area contributed by atoms with Gasteiger partial charge in [-0.2, -0.15) is 20.7 Å². The zero-order chi connectivity index (χ0) is 41.9. The molecule has 4 bridgehead atoms. The number of hydrogen-bond acceptors (Lipinski definition) is 12. The zero-order valence-corrected chi connectivity index (χ0v) is 32.4. The summed E-state index contributed by atoms with van der Waals surface area (Å²) in [6.45, 7) is 2.09. The van der Waals surface area contributed by atoms with Crippen molar-refractivity contribution in [3.63, 3.8) is 0 Å². The number of benzene rings is 2. The standard InChI is InChI=1S/C44H31F2N13O2/c1-23-34-13-31(46)6-8-33(34)40-29(19-53-57(40)2)20-58-41(26-11-36(61-23)42(49)51-16-26)35(15-48)55-44(58)56-43-37-12-25(17-52-43)39-28(14-47)18-54-59(39)21-24-4-3-9-50-38(24)32-7-5-30(45)10-27(32)22-60-37/h3-13,16-19,23H,20-22H2,1-2H3,(H2,49,51)(H,52,55,56). The van der Waals surface area contributed by atoms with Crippen molar-refractivity contribution >= 4 is 17.6 Å². The zero-order valence-electron chi connectivity index (χ0n) is 32.4. The van der Waals surface area contributed by atoms with E-state index in [9.17, 15) is 19.3 Å². The van der Waals surface area contributed by atoms with Crippen LogP contribution in [-0.2, 0) is 26.7 Å². The topological polar surface area (TPSA) is 196 Å². The van der Waals surface area contributed by atoms with Crippen molar-refractivity contribution in [3.05, 3.63) is 137 Å². The van der Waals surface area contributed by atoms with E-state index < -0.39 is 17.7 Å². The van der Waals surface area contributed by atoms with E-state index in [0.717, 1.165) is 11.1 Å². The minimum Gasteiger partial charge on any atom is -0.485 e. The molecule has 8 aromatic rings. The van der Waals surface area contributed by atoms with Gasteiger partial charge in [0.1, 0.15) is 36.5 Å². The fourth-order valence-electron chi connectivity index (χ4n) is 8.02. The third-order valence-corrected chi connectivity index (χ3v) is 10.8. The van der Waals surface area contributed by atoms with Crippen LogP contribution in [0.3, 0.4) is 0 Å². The number of nitrogens with one attached hydrogen (secondary N) is 1. The lowest BCUT2D eigenvalue weighted by Gasteiger charge is -2.22. The number of nitrogen functional groups attached to an aromatic ring is 1. The van der Waals surface area contributed by atoms with Crippen molar-refractivity contribution in [1.82, 2.24) is 44.1 Å². The predicted octanol–water partition coefficient (Wildman–Crippen LogP) is 7.46. The number of rotatable bonds is 2. The molecule has 3 N–H and O–H groups in total. The van der Waals surface area contributed by atoms with Crippen LogP contribution in [-0.4, -0.2) is 44.1 Å². The number of pyridine rings is 3. The van der Waals surface area contributed by atoms with Crippen LogP contribution in [0.2, 0.25) is 0 Å². The number of hydrogen-bond donors (Lipinski definition) is 2. The molecule has 17 heteroatoms. The van der Waals surface area contributed by atoms with E-state index in [-0.39, 0.29) is 54.5 Å². The minimum atomic E-state index is -0.663. The van der Waals surface area contributed by atoms with E-state index in [1.165, 1.54) is 36.7 Å². The van der Waals surface area contributed by atoms with Gasteiger partial charge in [0, 0.05) is 64.6 Å². The van der Waals surface area contributed by atoms with Crippen molar-refractivity contribution in [1.29, 1.82) is 10.5 Å². The summed E-state index contributed by atoms with van der Waals surface area (Å²) in [6.07, 6.45) is 7.31. The smallest absolute Gasteiger partial charge is 0.210 e. The van der Waals surface area contributed by atoms with Crippen LogP contribution >= 0.6 is 0 Å². The number of aryl methyl sites for hydroxylation is 1. The molecule has 10 rings (SSSR count). The van der Waals surface area contributed by atoms with Crippen LogP contribution < -0.4 is 20.5 Å². The normalized spacial score (nSPS) is 13.8. The predicted molar refractivity (Wildman–Crippen MR) is 218 cm³/mol. The number of halogens is 2. The minimum absolute atomic E-state index is 0.0532. The molecule has 61 heavy (non-hydrogen) atoms. The Labute approximate surface area is 345 Å². The molecule has 0 saturated carbocycles. The first-order valence-corrected chi connectivity index (χ1v) is 19.0. The van der Waals surface area contributed by atoms with E-state index in [1.54, 1.807) is 70.8 Å². The van der Waals surface area contributed by atoms with Gasteiger partial charge in [-0.3, -0.25) is 14.3 Å². The number of ether oxygens (including phenoxy) is 2. The molecule has 1 unspecified atom stereocenters. The second-order valence-corrected chi connectivity index (χ2v) is 14.5. The average Bonchev–Trinajstić information content (AvgIpc) is 3.95. The number of nitrogens with two attached hydrogens (primary N) is 1. The quantitative estimate of drug-likeness (QED) is 0.175. The van der Waals surface area contributed by atoms with Crippen LogP contribution in [0, 0.1) is 34.3 Å². The van der Waals surface area contributed by atoms with E-state index in [4.69, 9.17) is 25.2 Å². The van der Waals surface area contributed by atoms with Gasteiger partial charge in [0.05, 0.1) is 53.8 Å². The fraction of sp³-hybridized carbons (Fsp3) is 0.136. The van der Waals surface area contributed by atoms with Gasteiger partial charge < -0.3 is 25.1 Å². The van der Waals surface area contributed by atoms with Gasteiger partial charge in [0.15, 0.2) is 28.8 Å². The highest BCUT2D eigenvalue weighted by Crippen LogP contribution is 2.41. The SMILES string of the molecule is CC1Oc2cc(cnc2N)-c2c(C#N)nc(Nc3ncc4cc3OCc3cc(F)ccc3-c3ncccc3Cn3ncc(C#N)c3-4)n2Cc2cnn(C)c2-c2ccc(F)cc21. The first-order valence-electron chi connectivity index (χ1n) is 19.0. The first kappa shape index (κ1) is 36.9. The third-order valence-electron chi connectivity index (χ3n) is 10.8. The Bertz CT molecular complexity index is 3170. The highest BCUT2D eigenvalue weighted by atomic mass is 19.1. The third kappa shape index (κ3) is 6.32. The molecule has 0 saturated heterocycles. The summed E-state index contributed by atoms with van der Waals surface area (Å²) >= 11 is 0. The highest BCUT2D eigenvalue weighted by molar-refractivity contribution is 5.76. The van der Waals surface area contributed by atoms with Crippen LogP contribution in [0.25, 0.3) is 45.0 Å². The summed E-state index contributed by atoms with van der Waals surface area (Å²) in [7, 11) is 1.79. The highest BCUT2D eigenvalue weighted by Gasteiger charge is 2.28. The molecule has 0 spiro atoms. The molecular weight excluding hydrogens is 781 g/mol. The van der Waals surface area contributed by atoms with Crippen molar-refractivity contribution in [2.45, 2.75) is 32.7 Å². The lowest BCUT2D eigenvalue weighted by Crippen LogP contribution is -2.13. The molecule has 1 atom stereocenters. The molecular formula is C44H31F2N13O2. The molecule has 6 aromatic heterocycles. The summed E-state index contributed by atoms with van der Waals surface area (Å²) in [6, 6.07) is 20.5. The lowest BCUT2D eigenvalue weighted by molar-refractivity contribution is 0.227. The maximum Gasteiger partial charge on any atom is 0.210 e. The largest absolute Gasteiger partial charge is 0.485 e. The van der Waals surface area contributed by atoms with Crippen molar-refractivity contribution in [2.75, 3.05) is 11.1 Å². The van der Waals surface area contributed by atoms with Gasteiger partial charge in [-0.1, -0.05) is 6.07 Å². The molecule has 298 valence electrons. The van der Waals surface area contributed by atoms with Crippen LogP contribution in [0.4, 0.5) is 26.4 Å². The molecule has 15 nitrogen and oxygen atoms in total. The second kappa shape index (κ2) is 14.4. The van der Waals surface area contributed by atoms with Crippen LogP contribution in [0.1, 0.15) is 46.5 Å². The summed E-state index contributed by atoms with van der Waals surface area (Å²) in [5, 5.41) is 33.2. The van der Waals surface area contributed by atoms with E-state index in [0.29, 0.717) is 61.7 Å². The second-order valence-electron chi connectivity index (χ2n) is 14.5. The van der Waals surface area contributed by atoms with Crippen molar-refractivity contribution in [2.24, 2.45) is 7.05 Å². The Balaban J connectivity index is 1.16. The lowest BCUT2D eigenvalue weighted by atomic mass is 9.97. The number of anilines is 3. The van der Waals surface area contributed by atoms with Crippen molar-refractivity contribution < 1.29 is 18.3 Å². The van der Waals surface area contributed by atoms with Gasteiger partial charge in [-0.05, 0) is 67.1 Å². The summed E-state index contributed by atoms with van der Waals surface area (Å²) in [5.74, 6) is 0.0582. The van der Waals surface area contributed by atoms with Gasteiger partial charge in [-0.15, -0.1) is 0 Å². The molecule has 0 radical (unpaired) electrons. The molecule has 0 aliphatic carbocycles. The van der Waals surface area contributed by atoms with Gasteiger partial charge in [0.25, 0.3) is 0 Å². The maximum absolute atomic E-state index is 14.9. The van der Waals surface area contributed by atoms with Crippen LogP contribution in [0.5, 0.6) is 11.5 Å². The molecule has 2 aliphatic heterocycles. The average molecular weight is 812 g/mol. The monoisotopic (exact) mass is 811 g/mol. The fourth-order valence-corrected chi connectivity index (χ4v) is 8.02. The molecule has 8 heterocycles.